The van der Waals surface area contributed by atoms with Gasteiger partial charge in [0.1, 0.15) is 0 Å². The van der Waals surface area contributed by atoms with Crippen molar-refractivity contribution in [2.24, 2.45) is 0 Å². The zero-order valence-corrected chi connectivity index (χ0v) is 11.6. The van der Waals surface area contributed by atoms with Gasteiger partial charge in [-0.25, -0.2) is 0 Å². The van der Waals surface area contributed by atoms with Crippen LogP contribution < -0.4 is 5.32 Å². The Morgan fingerprint density at radius 3 is 2.38 bits per heavy atom. The first-order valence-electron chi connectivity index (χ1n) is 5.44. The molecule has 0 saturated carbocycles. The van der Waals surface area contributed by atoms with Crippen molar-refractivity contribution in [2.75, 3.05) is 5.32 Å². The van der Waals surface area contributed by atoms with Gasteiger partial charge in [-0.2, -0.15) is 13.2 Å². The van der Waals surface area contributed by atoms with Crippen LogP contribution in [0.4, 0.5) is 18.9 Å². The average molecular weight is 336 g/mol. The fourth-order valence-electron chi connectivity index (χ4n) is 1.45. The Kier molecular flexibility index (Phi) is 4.34. The lowest BCUT2D eigenvalue weighted by molar-refractivity contribution is -0.137. The maximum absolute atomic E-state index is 12.7. The van der Waals surface area contributed by atoms with E-state index in [1.165, 1.54) is 18.2 Å². The maximum Gasteiger partial charge on any atom is 0.417 e. The zero-order chi connectivity index (χ0) is 15.6. The van der Waals surface area contributed by atoms with Crippen molar-refractivity contribution < 1.29 is 18.0 Å². The molecule has 9 heteroatoms. The second-order valence-electron chi connectivity index (χ2n) is 3.89. The van der Waals surface area contributed by atoms with Gasteiger partial charge in [0.15, 0.2) is 10.8 Å². The highest BCUT2D eigenvalue weighted by Crippen LogP contribution is 2.36. The summed E-state index contributed by atoms with van der Waals surface area (Å²) in [6, 6.07) is 5.67. The van der Waals surface area contributed by atoms with Gasteiger partial charge in [0.2, 0.25) is 0 Å². The molecule has 0 fully saturated rings. The topological polar surface area (TPSA) is 54.9 Å². The van der Waals surface area contributed by atoms with E-state index in [1.54, 1.807) is 0 Å². The normalized spacial score (nSPS) is 11.3. The predicted octanol–water partition coefficient (Wildman–Crippen LogP) is 4.05. The highest BCUT2D eigenvalue weighted by molar-refractivity contribution is 6.31. The average Bonchev–Trinajstić information content (AvgIpc) is 2.40. The third-order valence-electron chi connectivity index (χ3n) is 2.39. The van der Waals surface area contributed by atoms with Crippen molar-refractivity contribution in [3.63, 3.8) is 0 Å². The lowest BCUT2D eigenvalue weighted by Gasteiger charge is -2.11. The predicted molar refractivity (Wildman–Crippen MR) is 71.4 cm³/mol. The lowest BCUT2D eigenvalue weighted by Crippen LogP contribution is -2.15. The Morgan fingerprint density at radius 1 is 1.10 bits per heavy atom. The maximum atomic E-state index is 12.7. The van der Waals surface area contributed by atoms with Crippen molar-refractivity contribution >= 4 is 34.8 Å². The molecule has 2 rings (SSSR count). The van der Waals surface area contributed by atoms with E-state index in [0.29, 0.717) is 0 Å². The van der Waals surface area contributed by atoms with Gasteiger partial charge < -0.3 is 5.32 Å². The molecule has 110 valence electrons. The summed E-state index contributed by atoms with van der Waals surface area (Å²) in [7, 11) is 0. The fraction of sp³-hybridized carbons (Fsp3) is 0.0833. The van der Waals surface area contributed by atoms with E-state index in [4.69, 9.17) is 23.2 Å². The molecule has 1 heterocycles. The van der Waals surface area contributed by atoms with Crippen molar-refractivity contribution in [1.82, 2.24) is 10.2 Å². The smallest absolute Gasteiger partial charge is 0.321 e. The summed E-state index contributed by atoms with van der Waals surface area (Å²) in [5.74, 6) is -0.713. The number of rotatable bonds is 2. The molecule has 0 spiro atoms. The van der Waals surface area contributed by atoms with Gasteiger partial charge in [0.05, 0.1) is 10.6 Å². The van der Waals surface area contributed by atoms with Gasteiger partial charge in [0.25, 0.3) is 5.91 Å². The van der Waals surface area contributed by atoms with E-state index in [2.05, 4.69) is 15.5 Å². The molecular formula is C12H6Cl2F3N3O. The standard InChI is InChI=1S/C12H6Cl2F3N3O/c13-8-2-1-6(5-7(8)12(15,16)17)18-11(21)9-3-4-10(14)20-19-9/h1-5H,(H,18,21). The third-order valence-corrected chi connectivity index (χ3v) is 2.93. The molecule has 1 amide bonds. The zero-order valence-electron chi connectivity index (χ0n) is 10.1. The summed E-state index contributed by atoms with van der Waals surface area (Å²) in [6.45, 7) is 0. The molecule has 0 aliphatic rings. The molecular weight excluding hydrogens is 330 g/mol. The van der Waals surface area contributed by atoms with Crippen LogP contribution in [0.5, 0.6) is 0 Å². The second-order valence-corrected chi connectivity index (χ2v) is 4.68. The minimum absolute atomic E-state index is 0.0616. The van der Waals surface area contributed by atoms with E-state index < -0.39 is 22.7 Å². The minimum Gasteiger partial charge on any atom is -0.321 e. The van der Waals surface area contributed by atoms with Crippen molar-refractivity contribution in [3.05, 3.63) is 51.8 Å². The van der Waals surface area contributed by atoms with E-state index in [-0.39, 0.29) is 16.5 Å². The number of hydrogen-bond acceptors (Lipinski definition) is 3. The highest BCUT2D eigenvalue weighted by atomic mass is 35.5. The number of aromatic nitrogens is 2. The van der Waals surface area contributed by atoms with Gasteiger partial charge in [-0.3, -0.25) is 4.79 Å². The molecule has 0 aliphatic heterocycles. The molecule has 0 unspecified atom stereocenters. The Labute approximate surface area is 126 Å². The number of benzene rings is 1. The SMILES string of the molecule is O=C(Nc1ccc(Cl)c(C(F)(F)F)c1)c1ccc(Cl)nn1. The molecule has 1 aromatic heterocycles. The number of nitrogens with one attached hydrogen (secondary N) is 1. The number of alkyl halides is 3. The monoisotopic (exact) mass is 335 g/mol. The van der Waals surface area contributed by atoms with Crippen LogP contribution in [0.2, 0.25) is 10.2 Å². The molecule has 21 heavy (non-hydrogen) atoms. The second kappa shape index (κ2) is 5.87. The summed E-state index contributed by atoms with van der Waals surface area (Å²) in [5, 5.41) is 8.90. The molecule has 4 nitrogen and oxygen atoms in total. The van der Waals surface area contributed by atoms with E-state index in [1.807, 2.05) is 0 Å². The molecule has 0 aliphatic carbocycles. The van der Waals surface area contributed by atoms with E-state index in [0.717, 1.165) is 12.1 Å². The van der Waals surface area contributed by atoms with Gasteiger partial charge in [0, 0.05) is 5.69 Å². The van der Waals surface area contributed by atoms with Gasteiger partial charge in [-0.1, -0.05) is 23.2 Å². The third kappa shape index (κ3) is 3.83. The Bertz CT molecular complexity index is 674. The van der Waals surface area contributed by atoms with E-state index >= 15 is 0 Å². The Balaban J connectivity index is 2.24. The van der Waals surface area contributed by atoms with Crippen LogP contribution in [0.25, 0.3) is 0 Å². The number of hydrogen-bond donors (Lipinski definition) is 1. The van der Waals surface area contributed by atoms with Crippen LogP contribution in [0, 0.1) is 0 Å². The van der Waals surface area contributed by atoms with Crippen LogP contribution >= 0.6 is 23.2 Å². The quantitative estimate of drug-likeness (QED) is 0.900. The van der Waals surface area contributed by atoms with Crippen LogP contribution in [0.1, 0.15) is 16.1 Å². The Hall–Kier alpha value is -1.86. The van der Waals surface area contributed by atoms with Gasteiger partial charge >= 0.3 is 6.18 Å². The summed E-state index contributed by atoms with van der Waals surface area (Å²) in [5.41, 5.74) is -1.18. The summed E-state index contributed by atoms with van der Waals surface area (Å²) in [6.07, 6.45) is -4.61. The van der Waals surface area contributed by atoms with Crippen LogP contribution in [-0.2, 0) is 6.18 Å². The molecule has 0 saturated heterocycles. The van der Waals surface area contributed by atoms with Crippen LogP contribution in [-0.4, -0.2) is 16.1 Å². The first-order valence-corrected chi connectivity index (χ1v) is 6.20. The first-order chi connectivity index (χ1) is 9.77. The van der Waals surface area contributed by atoms with E-state index in [9.17, 15) is 18.0 Å². The number of halogens is 5. The lowest BCUT2D eigenvalue weighted by atomic mass is 10.2. The molecule has 1 N–H and O–H groups in total. The molecule has 0 bridgehead atoms. The Morgan fingerprint density at radius 2 is 1.81 bits per heavy atom. The number of nitrogens with zero attached hydrogens (tertiary/aromatic N) is 2. The fourth-order valence-corrected chi connectivity index (χ4v) is 1.78. The number of carbonyl (C=O) groups is 1. The summed E-state index contributed by atoms with van der Waals surface area (Å²) in [4.78, 5) is 11.8. The molecule has 0 atom stereocenters. The van der Waals surface area contributed by atoms with Crippen molar-refractivity contribution in [2.45, 2.75) is 6.18 Å². The highest BCUT2D eigenvalue weighted by Gasteiger charge is 2.33. The van der Waals surface area contributed by atoms with Crippen molar-refractivity contribution in [1.29, 1.82) is 0 Å². The molecule has 0 radical (unpaired) electrons. The number of anilines is 1. The first kappa shape index (κ1) is 15.5. The van der Waals surface area contributed by atoms with Gasteiger partial charge in [-0.05, 0) is 30.3 Å². The number of amides is 1. The molecule has 2 aromatic rings. The number of carbonyl (C=O) groups excluding carboxylic acids is 1. The summed E-state index contributed by atoms with van der Waals surface area (Å²) < 4.78 is 38.1. The minimum atomic E-state index is -4.61. The van der Waals surface area contributed by atoms with Crippen LogP contribution in [0.3, 0.4) is 0 Å². The van der Waals surface area contributed by atoms with Crippen molar-refractivity contribution in [3.8, 4) is 0 Å². The molecule has 1 aromatic carbocycles. The summed E-state index contributed by atoms with van der Waals surface area (Å²) >= 11 is 11.0. The van der Waals surface area contributed by atoms with Crippen LogP contribution in [0.15, 0.2) is 30.3 Å². The largest absolute Gasteiger partial charge is 0.417 e. The van der Waals surface area contributed by atoms with Gasteiger partial charge in [-0.15, -0.1) is 10.2 Å².